The predicted molar refractivity (Wildman–Crippen MR) is 71.2 cm³/mol. The molecule has 2 rings (SSSR count). The van der Waals surface area contributed by atoms with Crippen LogP contribution in [0.5, 0.6) is 5.75 Å². The highest BCUT2D eigenvalue weighted by molar-refractivity contribution is 5.91. The summed E-state index contributed by atoms with van der Waals surface area (Å²) in [5.74, 6) is 0.392. The molecule has 0 saturated carbocycles. The van der Waals surface area contributed by atoms with E-state index < -0.39 is 11.9 Å². The van der Waals surface area contributed by atoms with E-state index in [1.54, 1.807) is 7.11 Å². The molecule has 0 radical (unpaired) electrons. The van der Waals surface area contributed by atoms with Gasteiger partial charge in [-0.15, -0.1) is 0 Å². The second kappa shape index (κ2) is 5.06. The molecule has 4 N–H and O–H groups in total. The first-order valence-electron chi connectivity index (χ1n) is 5.73. The minimum Gasteiger partial charge on any atom is -0.496 e. The van der Waals surface area contributed by atoms with Crippen LogP contribution < -0.4 is 16.2 Å². The van der Waals surface area contributed by atoms with Gasteiger partial charge in [-0.05, 0) is 17.0 Å². The van der Waals surface area contributed by atoms with Gasteiger partial charge in [0.2, 0.25) is 5.91 Å². The number of methoxy groups -OCH3 is 1. The van der Waals surface area contributed by atoms with Gasteiger partial charge in [0.25, 0.3) is 0 Å². The van der Waals surface area contributed by atoms with Gasteiger partial charge in [-0.25, -0.2) is 0 Å². The van der Waals surface area contributed by atoms with Crippen molar-refractivity contribution < 1.29 is 9.53 Å². The Bertz CT molecular complexity index is 581. The SMILES string of the molecule is COc1ccc([C@@H](N)CC(N)=O)c2ccccc12. The fraction of sp³-hybridized carbons (Fsp3) is 0.214. The highest BCUT2D eigenvalue weighted by Gasteiger charge is 2.14. The number of carbonyl (C=O) groups excluding carboxylic acids is 1. The highest BCUT2D eigenvalue weighted by atomic mass is 16.5. The molecule has 2 aromatic rings. The van der Waals surface area contributed by atoms with E-state index in [1.807, 2.05) is 36.4 Å². The van der Waals surface area contributed by atoms with Gasteiger partial charge in [0.05, 0.1) is 7.11 Å². The van der Waals surface area contributed by atoms with Crippen LogP contribution in [0.15, 0.2) is 36.4 Å². The molecule has 1 atom stereocenters. The summed E-state index contributed by atoms with van der Waals surface area (Å²) in [5.41, 5.74) is 12.1. The first kappa shape index (κ1) is 12.4. The van der Waals surface area contributed by atoms with Crippen LogP contribution in [0.4, 0.5) is 0 Å². The summed E-state index contributed by atoms with van der Waals surface area (Å²) in [7, 11) is 1.63. The number of hydrogen-bond donors (Lipinski definition) is 2. The predicted octanol–water partition coefficient (Wildman–Crippen LogP) is 1.72. The molecular formula is C14H16N2O2. The lowest BCUT2D eigenvalue weighted by molar-refractivity contribution is -0.118. The normalized spacial score (nSPS) is 12.3. The molecule has 0 aromatic heterocycles. The number of amides is 1. The Labute approximate surface area is 106 Å². The Balaban J connectivity index is 2.55. The maximum atomic E-state index is 11.0. The van der Waals surface area contributed by atoms with Crippen LogP contribution in [0, 0.1) is 0 Å². The second-order valence-electron chi connectivity index (χ2n) is 4.18. The van der Waals surface area contributed by atoms with Gasteiger partial charge >= 0.3 is 0 Å². The van der Waals surface area contributed by atoms with Crippen LogP contribution in [0.2, 0.25) is 0 Å². The van der Waals surface area contributed by atoms with Crippen molar-refractivity contribution in [2.75, 3.05) is 7.11 Å². The number of benzene rings is 2. The Morgan fingerprint density at radius 3 is 2.50 bits per heavy atom. The summed E-state index contributed by atoms with van der Waals surface area (Å²) in [6.07, 6.45) is 0.135. The van der Waals surface area contributed by atoms with Crippen molar-refractivity contribution in [1.82, 2.24) is 0 Å². The Kier molecular flexibility index (Phi) is 3.48. The molecule has 0 spiro atoms. The molecule has 0 unspecified atom stereocenters. The van der Waals surface area contributed by atoms with Crippen molar-refractivity contribution in [3.05, 3.63) is 42.0 Å². The number of hydrogen-bond acceptors (Lipinski definition) is 3. The zero-order valence-corrected chi connectivity index (χ0v) is 10.2. The summed E-state index contributed by atoms with van der Waals surface area (Å²) in [5, 5.41) is 1.98. The molecule has 0 bridgehead atoms. The average Bonchev–Trinajstić information content (AvgIpc) is 2.36. The Morgan fingerprint density at radius 1 is 1.22 bits per heavy atom. The van der Waals surface area contributed by atoms with E-state index in [0.717, 1.165) is 22.1 Å². The van der Waals surface area contributed by atoms with Crippen molar-refractivity contribution in [2.24, 2.45) is 11.5 Å². The standard InChI is InChI=1S/C14H16N2O2/c1-18-13-7-6-10(12(15)8-14(16)17)9-4-2-3-5-11(9)13/h2-7,12H,8,15H2,1H3,(H2,16,17)/t12-/m0/s1. The van der Waals surface area contributed by atoms with Crippen molar-refractivity contribution >= 4 is 16.7 Å². The van der Waals surface area contributed by atoms with Crippen molar-refractivity contribution in [3.63, 3.8) is 0 Å². The van der Waals surface area contributed by atoms with Gasteiger partial charge < -0.3 is 16.2 Å². The van der Waals surface area contributed by atoms with Crippen LogP contribution in [-0.4, -0.2) is 13.0 Å². The molecular weight excluding hydrogens is 228 g/mol. The summed E-state index contributed by atoms with van der Waals surface area (Å²) in [6, 6.07) is 11.2. The third-order valence-corrected chi connectivity index (χ3v) is 2.96. The smallest absolute Gasteiger partial charge is 0.219 e. The topological polar surface area (TPSA) is 78.3 Å². The van der Waals surface area contributed by atoms with E-state index in [9.17, 15) is 4.79 Å². The quantitative estimate of drug-likeness (QED) is 0.859. The monoisotopic (exact) mass is 244 g/mol. The van der Waals surface area contributed by atoms with E-state index in [0.29, 0.717) is 0 Å². The van der Waals surface area contributed by atoms with Crippen LogP contribution >= 0.6 is 0 Å². The van der Waals surface area contributed by atoms with Gasteiger partial charge in [-0.3, -0.25) is 4.79 Å². The molecule has 0 aliphatic carbocycles. The van der Waals surface area contributed by atoms with E-state index in [2.05, 4.69) is 0 Å². The molecule has 4 nitrogen and oxygen atoms in total. The van der Waals surface area contributed by atoms with Crippen molar-refractivity contribution in [2.45, 2.75) is 12.5 Å². The van der Waals surface area contributed by atoms with Crippen LogP contribution in [0.1, 0.15) is 18.0 Å². The fourth-order valence-electron chi connectivity index (χ4n) is 2.12. The molecule has 0 aliphatic rings. The maximum absolute atomic E-state index is 11.0. The average molecular weight is 244 g/mol. The summed E-state index contributed by atoms with van der Waals surface area (Å²) in [6.45, 7) is 0. The Morgan fingerprint density at radius 2 is 1.89 bits per heavy atom. The van der Waals surface area contributed by atoms with Gasteiger partial charge in [0.15, 0.2) is 0 Å². The van der Waals surface area contributed by atoms with Gasteiger partial charge in [-0.1, -0.05) is 30.3 Å². The first-order chi connectivity index (χ1) is 8.63. The number of ether oxygens (including phenoxy) is 1. The van der Waals surface area contributed by atoms with Crippen LogP contribution in [-0.2, 0) is 4.79 Å². The number of nitrogens with two attached hydrogens (primary N) is 2. The highest BCUT2D eigenvalue weighted by Crippen LogP contribution is 2.31. The summed E-state index contributed by atoms with van der Waals surface area (Å²) < 4.78 is 5.31. The lowest BCUT2D eigenvalue weighted by Gasteiger charge is -2.15. The zero-order chi connectivity index (χ0) is 13.1. The van der Waals surface area contributed by atoms with Gasteiger partial charge in [-0.2, -0.15) is 0 Å². The zero-order valence-electron chi connectivity index (χ0n) is 10.2. The molecule has 94 valence electrons. The van der Waals surface area contributed by atoms with E-state index in [-0.39, 0.29) is 6.42 Å². The lowest BCUT2D eigenvalue weighted by Crippen LogP contribution is -2.20. The molecule has 0 heterocycles. The molecule has 4 heteroatoms. The van der Waals surface area contributed by atoms with E-state index in [4.69, 9.17) is 16.2 Å². The minimum atomic E-state index is -0.401. The van der Waals surface area contributed by atoms with E-state index >= 15 is 0 Å². The van der Waals surface area contributed by atoms with Crippen molar-refractivity contribution in [3.8, 4) is 5.75 Å². The Hall–Kier alpha value is -2.07. The third-order valence-electron chi connectivity index (χ3n) is 2.96. The number of carbonyl (C=O) groups is 1. The van der Waals surface area contributed by atoms with Crippen molar-refractivity contribution in [1.29, 1.82) is 0 Å². The van der Waals surface area contributed by atoms with Gasteiger partial charge in [0.1, 0.15) is 5.75 Å². The third kappa shape index (κ3) is 2.28. The summed E-state index contributed by atoms with van der Waals surface area (Å²) in [4.78, 5) is 11.0. The second-order valence-corrected chi connectivity index (χ2v) is 4.18. The lowest BCUT2D eigenvalue weighted by atomic mass is 9.96. The molecule has 0 fully saturated rings. The molecule has 2 aromatic carbocycles. The largest absolute Gasteiger partial charge is 0.496 e. The maximum Gasteiger partial charge on any atom is 0.219 e. The molecule has 0 saturated heterocycles. The van der Waals surface area contributed by atoms with E-state index in [1.165, 1.54) is 0 Å². The van der Waals surface area contributed by atoms with Gasteiger partial charge in [0, 0.05) is 17.8 Å². The first-order valence-corrected chi connectivity index (χ1v) is 5.73. The van der Waals surface area contributed by atoms with Crippen LogP contribution in [0.25, 0.3) is 10.8 Å². The number of rotatable bonds is 4. The fourth-order valence-corrected chi connectivity index (χ4v) is 2.12. The molecule has 1 amide bonds. The minimum absolute atomic E-state index is 0.135. The number of primary amides is 1. The number of fused-ring (bicyclic) bond motifs is 1. The van der Waals surface area contributed by atoms with Crippen LogP contribution in [0.3, 0.4) is 0 Å². The molecule has 18 heavy (non-hydrogen) atoms. The molecule has 0 aliphatic heterocycles. The summed E-state index contributed by atoms with van der Waals surface area (Å²) >= 11 is 0.